The molecule has 2 aromatic rings. The summed E-state index contributed by atoms with van der Waals surface area (Å²) in [6.07, 6.45) is 1.01. The molecule has 0 aromatic heterocycles. The Hall–Kier alpha value is -2.53. The molecule has 160 valence electrons. The second-order valence-corrected chi connectivity index (χ2v) is 8.54. The normalized spacial score (nSPS) is 16.5. The number of hydrogen-bond donors (Lipinski definition) is 0. The molecule has 5 nitrogen and oxygen atoms in total. The number of fused-ring (bicyclic) bond motifs is 1. The highest BCUT2D eigenvalue weighted by Gasteiger charge is 2.23. The molecule has 2 heterocycles. The molecule has 2 aromatic carbocycles. The number of carbonyl (C=O) groups excluding carboxylic acids is 1. The molecule has 4 rings (SSSR count). The van der Waals surface area contributed by atoms with Crippen LogP contribution >= 0.6 is 0 Å². The predicted molar refractivity (Wildman–Crippen MR) is 121 cm³/mol. The van der Waals surface area contributed by atoms with E-state index in [4.69, 9.17) is 4.74 Å². The van der Waals surface area contributed by atoms with Crippen molar-refractivity contribution in [3.8, 4) is 5.75 Å². The van der Waals surface area contributed by atoms with Gasteiger partial charge in [-0.1, -0.05) is 12.1 Å². The Balaban J connectivity index is 1.32. The van der Waals surface area contributed by atoms with Gasteiger partial charge in [0, 0.05) is 63.0 Å². The van der Waals surface area contributed by atoms with Crippen molar-refractivity contribution in [1.29, 1.82) is 0 Å². The van der Waals surface area contributed by atoms with Crippen LogP contribution in [-0.4, -0.2) is 61.1 Å². The van der Waals surface area contributed by atoms with Crippen LogP contribution in [0.2, 0.25) is 0 Å². The fourth-order valence-electron chi connectivity index (χ4n) is 4.53. The number of amides is 1. The number of hydrogen-bond acceptors (Lipinski definition) is 4. The Morgan fingerprint density at radius 1 is 1.07 bits per heavy atom. The number of benzene rings is 2. The quantitative estimate of drug-likeness (QED) is 0.730. The van der Waals surface area contributed by atoms with E-state index in [1.807, 2.05) is 17.0 Å². The van der Waals surface area contributed by atoms with Crippen LogP contribution < -0.4 is 9.64 Å². The molecule has 0 unspecified atom stereocenters. The smallest absolute Gasteiger partial charge is 0.253 e. The van der Waals surface area contributed by atoms with Crippen molar-refractivity contribution in [2.75, 3.05) is 44.2 Å². The van der Waals surface area contributed by atoms with Crippen LogP contribution in [0.15, 0.2) is 42.5 Å². The molecule has 0 bridgehead atoms. The summed E-state index contributed by atoms with van der Waals surface area (Å²) in [6.45, 7) is 12.6. The molecular formula is C25H33N3O2. The largest absolute Gasteiger partial charge is 0.493 e. The highest BCUT2D eigenvalue weighted by atomic mass is 16.5. The Labute approximate surface area is 180 Å². The second kappa shape index (κ2) is 9.09. The van der Waals surface area contributed by atoms with Crippen molar-refractivity contribution in [3.63, 3.8) is 0 Å². The van der Waals surface area contributed by atoms with Gasteiger partial charge in [0.1, 0.15) is 5.75 Å². The lowest BCUT2D eigenvalue weighted by Gasteiger charge is -2.35. The van der Waals surface area contributed by atoms with E-state index < -0.39 is 0 Å². The Morgan fingerprint density at radius 2 is 1.80 bits per heavy atom. The summed E-state index contributed by atoms with van der Waals surface area (Å²) in [7, 11) is 0. The van der Waals surface area contributed by atoms with Gasteiger partial charge < -0.3 is 14.5 Å². The maximum absolute atomic E-state index is 13.0. The highest BCUT2D eigenvalue weighted by molar-refractivity contribution is 5.94. The predicted octanol–water partition coefficient (Wildman–Crippen LogP) is 3.81. The zero-order valence-electron chi connectivity index (χ0n) is 18.4. The van der Waals surface area contributed by atoms with Gasteiger partial charge in [-0.3, -0.25) is 9.69 Å². The molecule has 1 fully saturated rings. The first-order valence-corrected chi connectivity index (χ1v) is 11.2. The van der Waals surface area contributed by atoms with E-state index in [2.05, 4.69) is 60.9 Å². The van der Waals surface area contributed by atoms with Gasteiger partial charge in [-0.05, 0) is 62.2 Å². The molecule has 1 saturated heterocycles. The SMILES string of the molecule is CCN(c1ccc(C(=O)N2CCN(Cc3ccc4c(c3)CCO4)CC2)cc1)C(C)C. The van der Waals surface area contributed by atoms with Crippen molar-refractivity contribution < 1.29 is 9.53 Å². The lowest BCUT2D eigenvalue weighted by Crippen LogP contribution is -2.48. The number of anilines is 1. The highest BCUT2D eigenvalue weighted by Crippen LogP contribution is 2.26. The van der Waals surface area contributed by atoms with Crippen molar-refractivity contribution in [3.05, 3.63) is 59.2 Å². The summed E-state index contributed by atoms with van der Waals surface area (Å²) < 4.78 is 5.60. The van der Waals surface area contributed by atoms with Crippen molar-refractivity contribution >= 4 is 11.6 Å². The number of nitrogens with zero attached hydrogens (tertiary/aromatic N) is 3. The van der Waals surface area contributed by atoms with Crippen LogP contribution in [0.3, 0.4) is 0 Å². The topological polar surface area (TPSA) is 36.0 Å². The van der Waals surface area contributed by atoms with Gasteiger partial charge in [0.25, 0.3) is 5.91 Å². The van der Waals surface area contributed by atoms with Gasteiger partial charge in [-0.15, -0.1) is 0 Å². The fourth-order valence-corrected chi connectivity index (χ4v) is 4.53. The van der Waals surface area contributed by atoms with Crippen LogP contribution in [0.5, 0.6) is 5.75 Å². The molecular weight excluding hydrogens is 374 g/mol. The number of rotatable bonds is 6. The lowest BCUT2D eigenvalue weighted by molar-refractivity contribution is 0.0628. The van der Waals surface area contributed by atoms with Gasteiger partial charge >= 0.3 is 0 Å². The van der Waals surface area contributed by atoms with E-state index in [0.29, 0.717) is 6.04 Å². The minimum atomic E-state index is 0.142. The van der Waals surface area contributed by atoms with Gasteiger partial charge in [0.2, 0.25) is 0 Å². The third kappa shape index (κ3) is 4.46. The summed E-state index contributed by atoms with van der Waals surface area (Å²) in [5, 5.41) is 0. The molecule has 0 saturated carbocycles. The number of piperazine rings is 1. The average molecular weight is 408 g/mol. The van der Waals surface area contributed by atoms with E-state index in [9.17, 15) is 4.79 Å². The number of ether oxygens (including phenoxy) is 1. The maximum Gasteiger partial charge on any atom is 0.253 e. The molecule has 1 amide bonds. The van der Waals surface area contributed by atoms with Crippen molar-refractivity contribution in [1.82, 2.24) is 9.80 Å². The third-order valence-electron chi connectivity index (χ3n) is 6.23. The van der Waals surface area contributed by atoms with Crippen LogP contribution in [0.25, 0.3) is 0 Å². The van der Waals surface area contributed by atoms with Crippen molar-refractivity contribution in [2.24, 2.45) is 0 Å². The van der Waals surface area contributed by atoms with E-state index in [1.165, 1.54) is 16.8 Å². The summed E-state index contributed by atoms with van der Waals surface area (Å²) in [5.74, 6) is 1.18. The van der Waals surface area contributed by atoms with Gasteiger partial charge in [-0.2, -0.15) is 0 Å². The van der Waals surface area contributed by atoms with E-state index in [-0.39, 0.29) is 5.91 Å². The first-order chi connectivity index (χ1) is 14.5. The molecule has 0 spiro atoms. The molecule has 2 aliphatic heterocycles. The molecule has 5 heteroatoms. The number of carbonyl (C=O) groups is 1. The summed E-state index contributed by atoms with van der Waals surface area (Å²) >= 11 is 0. The first-order valence-electron chi connectivity index (χ1n) is 11.2. The first kappa shape index (κ1) is 20.7. The minimum Gasteiger partial charge on any atom is -0.493 e. The Morgan fingerprint density at radius 3 is 2.47 bits per heavy atom. The lowest BCUT2D eigenvalue weighted by atomic mass is 10.1. The molecule has 0 N–H and O–H groups in total. The van der Waals surface area contributed by atoms with E-state index in [0.717, 1.165) is 63.6 Å². The van der Waals surface area contributed by atoms with Crippen LogP contribution in [0.1, 0.15) is 42.3 Å². The Bertz CT molecular complexity index is 870. The van der Waals surface area contributed by atoms with Crippen molar-refractivity contribution in [2.45, 2.75) is 39.8 Å². The van der Waals surface area contributed by atoms with E-state index in [1.54, 1.807) is 0 Å². The summed E-state index contributed by atoms with van der Waals surface area (Å²) in [4.78, 5) is 19.7. The zero-order valence-corrected chi connectivity index (χ0v) is 18.4. The fraction of sp³-hybridized carbons (Fsp3) is 0.480. The standard InChI is InChI=1S/C25H33N3O2/c1-4-28(19(2)3)23-8-6-21(7-9-23)25(29)27-14-12-26(13-15-27)18-20-5-10-24-22(17-20)11-16-30-24/h5-10,17,19H,4,11-16,18H2,1-3H3. The zero-order chi connectivity index (χ0) is 21.1. The summed E-state index contributed by atoms with van der Waals surface area (Å²) in [5.41, 5.74) is 4.61. The molecule has 30 heavy (non-hydrogen) atoms. The molecule has 0 aliphatic carbocycles. The maximum atomic E-state index is 13.0. The summed E-state index contributed by atoms with van der Waals surface area (Å²) in [6, 6.07) is 15.1. The minimum absolute atomic E-state index is 0.142. The third-order valence-corrected chi connectivity index (χ3v) is 6.23. The second-order valence-electron chi connectivity index (χ2n) is 8.54. The Kier molecular flexibility index (Phi) is 6.28. The molecule has 0 radical (unpaired) electrons. The van der Waals surface area contributed by atoms with Gasteiger partial charge in [-0.25, -0.2) is 0 Å². The van der Waals surface area contributed by atoms with Gasteiger partial charge in [0.05, 0.1) is 6.61 Å². The monoisotopic (exact) mass is 407 g/mol. The van der Waals surface area contributed by atoms with Crippen LogP contribution in [-0.2, 0) is 13.0 Å². The molecule has 2 aliphatic rings. The van der Waals surface area contributed by atoms with Gasteiger partial charge in [0.15, 0.2) is 0 Å². The van der Waals surface area contributed by atoms with Crippen LogP contribution in [0, 0.1) is 0 Å². The average Bonchev–Trinajstić information content (AvgIpc) is 3.22. The molecule has 0 atom stereocenters. The van der Waals surface area contributed by atoms with E-state index >= 15 is 0 Å². The van der Waals surface area contributed by atoms with Crippen LogP contribution in [0.4, 0.5) is 5.69 Å².